The first kappa shape index (κ1) is 15.7. The van der Waals surface area contributed by atoms with Crippen molar-refractivity contribution in [1.29, 1.82) is 0 Å². The highest BCUT2D eigenvalue weighted by molar-refractivity contribution is 5.17. The Labute approximate surface area is 126 Å². The van der Waals surface area contributed by atoms with Gasteiger partial charge < -0.3 is 10.2 Å². The molecule has 3 nitrogen and oxygen atoms in total. The van der Waals surface area contributed by atoms with Crippen LogP contribution in [-0.4, -0.2) is 34.8 Å². The molecule has 3 heteroatoms. The molecule has 0 aliphatic rings. The SMILES string of the molecule is OCCN(CCC(O)c1ccccc1)Cc1ccccc1. The van der Waals surface area contributed by atoms with Crippen LogP contribution in [0.3, 0.4) is 0 Å². The molecular weight excluding hydrogens is 262 g/mol. The van der Waals surface area contributed by atoms with Gasteiger partial charge in [-0.05, 0) is 17.5 Å². The molecule has 0 amide bonds. The molecule has 0 bridgehead atoms. The minimum atomic E-state index is -0.455. The Morgan fingerprint density at radius 1 is 0.857 bits per heavy atom. The van der Waals surface area contributed by atoms with Gasteiger partial charge in [0, 0.05) is 19.6 Å². The Morgan fingerprint density at radius 2 is 1.48 bits per heavy atom. The number of aliphatic hydroxyl groups excluding tert-OH is 2. The van der Waals surface area contributed by atoms with E-state index in [2.05, 4.69) is 17.0 Å². The Hall–Kier alpha value is -1.68. The first-order valence-corrected chi connectivity index (χ1v) is 7.39. The van der Waals surface area contributed by atoms with Crippen molar-refractivity contribution in [3.63, 3.8) is 0 Å². The van der Waals surface area contributed by atoms with E-state index in [9.17, 15) is 10.2 Å². The van der Waals surface area contributed by atoms with Crippen LogP contribution in [0, 0.1) is 0 Å². The highest BCUT2D eigenvalue weighted by Gasteiger charge is 2.11. The highest BCUT2D eigenvalue weighted by Crippen LogP contribution is 2.17. The summed E-state index contributed by atoms with van der Waals surface area (Å²) in [7, 11) is 0. The van der Waals surface area contributed by atoms with Crippen LogP contribution in [0.25, 0.3) is 0 Å². The van der Waals surface area contributed by atoms with Crippen LogP contribution in [-0.2, 0) is 6.54 Å². The van der Waals surface area contributed by atoms with Crippen molar-refractivity contribution in [2.24, 2.45) is 0 Å². The quantitative estimate of drug-likeness (QED) is 0.783. The van der Waals surface area contributed by atoms with E-state index < -0.39 is 6.10 Å². The minimum Gasteiger partial charge on any atom is -0.395 e. The fourth-order valence-electron chi connectivity index (χ4n) is 2.40. The molecule has 1 unspecified atom stereocenters. The lowest BCUT2D eigenvalue weighted by atomic mass is 10.1. The number of rotatable bonds is 8. The summed E-state index contributed by atoms with van der Waals surface area (Å²) in [5, 5.41) is 19.4. The van der Waals surface area contributed by atoms with Gasteiger partial charge in [-0.2, -0.15) is 0 Å². The Kier molecular flexibility index (Phi) is 6.41. The van der Waals surface area contributed by atoms with Gasteiger partial charge in [0.15, 0.2) is 0 Å². The number of hydrogen-bond acceptors (Lipinski definition) is 3. The standard InChI is InChI=1S/C18H23NO2/c20-14-13-19(15-16-7-3-1-4-8-16)12-11-18(21)17-9-5-2-6-10-17/h1-10,18,20-21H,11-15H2. The van der Waals surface area contributed by atoms with Crippen molar-refractivity contribution >= 4 is 0 Å². The molecule has 0 aliphatic heterocycles. The van der Waals surface area contributed by atoms with Crippen LogP contribution >= 0.6 is 0 Å². The maximum absolute atomic E-state index is 10.2. The van der Waals surface area contributed by atoms with Crippen LogP contribution < -0.4 is 0 Å². The summed E-state index contributed by atoms with van der Waals surface area (Å²) in [5.41, 5.74) is 2.17. The Balaban J connectivity index is 1.88. The zero-order chi connectivity index (χ0) is 14.9. The molecule has 0 saturated heterocycles. The maximum Gasteiger partial charge on any atom is 0.0802 e. The van der Waals surface area contributed by atoms with Crippen molar-refractivity contribution < 1.29 is 10.2 Å². The summed E-state index contributed by atoms with van der Waals surface area (Å²) in [6.07, 6.45) is 0.208. The van der Waals surface area contributed by atoms with Gasteiger partial charge >= 0.3 is 0 Å². The van der Waals surface area contributed by atoms with Crippen molar-refractivity contribution in [3.8, 4) is 0 Å². The lowest BCUT2D eigenvalue weighted by Gasteiger charge is -2.23. The van der Waals surface area contributed by atoms with E-state index >= 15 is 0 Å². The molecule has 0 radical (unpaired) electrons. The van der Waals surface area contributed by atoms with Crippen molar-refractivity contribution in [3.05, 3.63) is 71.8 Å². The molecule has 2 aromatic rings. The van der Waals surface area contributed by atoms with Crippen LogP contribution in [0.1, 0.15) is 23.7 Å². The average molecular weight is 285 g/mol. The molecular formula is C18H23NO2. The summed E-state index contributed by atoms with van der Waals surface area (Å²) in [4.78, 5) is 2.17. The fraction of sp³-hybridized carbons (Fsp3) is 0.333. The second-order valence-corrected chi connectivity index (χ2v) is 5.20. The van der Waals surface area contributed by atoms with E-state index in [1.165, 1.54) is 5.56 Å². The molecule has 0 heterocycles. The zero-order valence-corrected chi connectivity index (χ0v) is 12.2. The van der Waals surface area contributed by atoms with Crippen molar-refractivity contribution in [2.75, 3.05) is 19.7 Å². The third-order valence-corrected chi connectivity index (χ3v) is 3.57. The lowest BCUT2D eigenvalue weighted by molar-refractivity contribution is 0.128. The van der Waals surface area contributed by atoms with E-state index in [4.69, 9.17) is 0 Å². The van der Waals surface area contributed by atoms with E-state index in [0.29, 0.717) is 13.0 Å². The average Bonchev–Trinajstić information content (AvgIpc) is 2.54. The van der Waals surface area contributed by atoms with E-state index in [-0.39, 0.29) is 6.61 Å². The van der Waals surface area contributed by atoms with Crippen molar-refractivity contribution in [2.45, 2.75) is 19.1 Å². The summed E-state index contributed by atoms with van der Waals surface area (Å²) < 4.78 is 0. The molecule has 0 spiro atoms. The fourth-order valence-corrected chi connectivity index (χ4v) is 2.40. The van der Waals surface area contributed by atoms with Gasteiger partial charge in [0.2, 0.25) is 0 Å². The largest absolute Gasteiger partial charge is 0.395 e. The summed E-state index contributed by atoms with van der Waals surface area (Å²) in [6, 6.07) is 19.9. The predicted molar refractivity (Wildman–Crippen MR) is 84.8 cm³/mol. The first-order valence-electron chi connectivity index (χ1n) is 7.39. The first-order chi connectivity index (χ1) is 10.3. The summed E-state index contributed by atoms with van der Waals surface area (Å²) in [6.45, 7) is 2.30. The van der Waals surface area contributed by atoms with Crippen molar-refractivity contribution in [1.82, 2.24) is 4.90 Å². The zero-order valence-electron chi connectivity index (χ0n) is 12.2. The monoisotopic (exact) mass is 285 g/mol. The van der Waals surface area contributed by atoms with Crippen LogP contribution in [0.2, 0.25) is 0 Å². The van der Waals surface area contributed by atoms with Gasteiger partial charge in [-0.3, -0.25) is 4.90 Å². The van der Waals surface area contributed by atoms with Crippen LogP contribution in [0.5, 0.6) is 0 Å². The molecule has 112 valence electrons. The van der Waals surface area contributed by atoms with E-state index in [1.54, 1.807) is 0 Å². The van der Waals surface area contributed by atoms with E-state index in [0.717, 1.165) is 18.7 Å². The van der Waals surface area contributed by atoms with Gasteiger partial charge in [0.1, 0.15) is 0 Å². The molecule has 0 fully saturated rings. The number of benzene rings is 2. The van der Waals surface area contributed by atoms with E-state index in [1.807, 2.05) is 48.5 Å². The second kappa shape index (κ2) is 8.57. The number of hydrogen-bond donors (Lipinski definition) is 2. The van der Waals surface area contributed by atoms with Gasteiger partial charge in [-0.15, -0.1) is 0 Å². The predicted octanol–water partition coefficient (Wildman–Crippen LogP) is 2.60. The van der Waals surface area contributed by atoms with Crippen LogP contribution in [0.4, 0.5) is 0 Å². The summed E-state index contributed by atoms with van der Waals surface area (Å²) >= 11 is 0. The number of nitrogens with zero attached hydrogens (tertiary/aromatic N) is 1. The third kappa shape index (κ3) is 5.31. The second-order valence-electron chi connectivity index (χ2n) is 5.20. The molecule has 0 aromatic heterocycles. The Bertz CT molecular complexity index is 501. The lowest BCUT2D eigenvalue weighted by Crippen LogP contribution is -2.28. The van der Waals surface area contributed by atoms with Gasteiger partial charge in [0.05, 0.1) is 12.7 Å². The molecule has 2 aromatic carbocycles. The maximum atomic E-state index is 10.2. The van der Waals surface area contributed by atoms with Crippen LogP contribution in [0.15, 0.2) is 60.7 Å². The summed E-state index contributed by atoms with van der Waals surface area (Å²) in [5.74, 6) is 0. The molecule has 2 rings (SSSR count). The molecule has 0 saturated carbocycles. The topological polar surface area (TPSA) is 43.7 Å². The van der Waals surface area contributed by atoms with Gasteiger partial charge in [-0.25, -0.2) is 0 Å². The smallest absolute Gasteiger partial charge is 0.0802 e. The van der Waals surface area contributed by atoms with Gasteiger partial charge in [-0.1, -0.05) is 60.7 Å². The third-order valence-electron chi connectivity index (χ3n) is 3.57. The number of aliphatic hydroxyl groups is 2. The molecule has 0 aliphatic carbocycles. The minimum absolute atomic E-state index is 0.133. The highest BCUT2D eigenvalue weighted by atomic mass is 16.3. The molecule has 1 atom stereocenters. The molecule has 2 N–H and O–H groups in total. The normalized spacial score (nSPS) is 12.5. The Morgan fingerprint density at radius 3 is 2.10 bits per heavy atom. The molecule has 21 heavy (non-hydrogen) atoms. The van der Waals surface area contributed by atoms with Gasteiger partial charge in [0.25, 0.3) is 0 Å².